The molecule has 1 saturated carbocycles. The summed E-state index contributed by atoms with van der Waals surface area (Å²) in [7, 11) is 1.99. The average molecular weight is 351 g/mol. The number of rotatable bonds is 6. The largest absolute Gasteiger partial charge is 0.324 e. The third-order valence-electron chi connectivity index (χ3n) is 4.82. The fourth-order valence-corrected chi connectivity index (χ4v) is 3.40. The van der Waals surface area contributed by atoms with Crippen molar-refractivity contribution in [3.8, 4) is 0 Å². The van der Waals surface area contributed by atoms with Crippen LogP contribution in [0.5, 0.6) is 0 Å². The molecule has 0 saturated heterocycles. The maximum Gasteiger partial charge on any atom is 0.257 e. The molecule has 2 amide bonds. The van der Waals surface area contributed by atoms with Crippen LogP contribution in [0.15, 0.2) is 54.6 Å². The number of nitrogens with zero attached hydrogens (tertiary/aromatic N) is 1. The highest BCUT2D eigenvalue weighted by atomic mass is 16.2. The topological polar surface area (TPSA) is 61.4 Å². The molecule has 0 unspecified atom stereocenters. The molecule has 26 heavy (non-hydrogen) atoms. The van der Waals surface area contributed by atoms with E-state index in [9.17, 15) is 9.59 Å². The summed E-state index contributed by atoms with van der Waals surface area (Å²) in [5.41, 5.74) is 1.71. The van der Waals surface area contributed by atoms with Gasteiger partial charge in [-0.3, -0.25) is 14.5 Å². The molecule has 1 aliphatic carbocycles. The molecule has 0 atom stereocenters. The highest BCUT2D eigenvalue weighted by Crippen LogP contribution is 2.22. The molecule has 0 heterocycles. The number of hydrogen-bond donors (Lipinski definition) is 2. The van der Waals surface area contributed by atoms with Crippen LogP contribution in [0.3, 0.4) is 0 Å². The smallest absolute Gasteiger partial charge is 0.257 e. The van der Waals surface area contributed by atoms with Gasteiger partial charge in [0.25, 0.3) is 5.91 Å². The highest BCUT2D eigenvalue weighted by Gasteiger charge is 2.21. The van der Waals surface area contributed by atoms with Gasteiger partial charge in [0.2, 0.25) is 5.91 Å². The summed E-state index contributed by atoms with van der Waals surface area (Å²) in [6, 6.07) is 16.8. The molecule has 0 radical (unpaired) electrons. The van der Waals surface area contributed by atoms with Crippen molar-refractivity contribution in [1.82, 2.24) is 4.90 Å². The van der Waals surface area contributed by atoms with E-state index in [1.807, 2.05) is 43.4 Å². The molecule has 1 aliphatic rings. The Hall–Kier alpha value is -2.66. The molecule has 1 fully saturated rings. The lowest BCUT2D eigenvalue weighted by Gasteiger charge is -2.23. The predicted molar refractivity (Wildman–Crippen MR) is 104 cm³/mol. The van der Waals surface area contributed by atoms with Crippen molar-refractivity contribution in [1.29, 1.82) is 0 Å². The van der Waals surface area contributed by atoms with Crippen LogP contribution in [0.2, 0.25) is 0 Å². The Balaban J connectivity index is 1.64. The van der Waals surface area contributed by atoms with Gasteiger partial charge in [0.1, 0.15) is 0 Å². The van der Waals surface area contributed by atoms with Gasteiger partial charge in [0.05, 0.1) is 17.8 Å². The van der Waals surface area contributed by atoms with Gasteiger partial charge in [0.15, 0.2) is 0 Å². The van der Waals surface area contributed by atoms with Gasteiger partial charge in [-0.1, -0.05) is 43.2 Å². The maximum atomic E-state index is 12.6. The zero-order chi connectivity index (χ0) is 18.4. The monoisotopic (exact) mass is 351 g/mol. The number of carbonyl (C=O) groups is 2. The molecule has 2 aromatic carbocycles. The normalized spacial score (nSPS) is 14.4. The number of anilines is 2. The van der Waals surface area contributed by atoms with Gasteiger partial charge in [-0.2, -0.15) is 0 Å². The van der Waals surface area contributed by atoms with E-state index in [1.54, 1.807) is 18.2 Å². The minimum Gasteiger partial charge on any atom is -0.324 e. The van der Waals surface area contributed by atoms with Crippen LogP contribution in [0.25, 0.3) is 0 Å². The summed E-state index contributed by atoms with van der Waals surface area (Å²) in [4.78, 5) is 27.1. The number of benzene rings is 2. The Bertz CT molecular complexity index is 755. The SMILES string of the molecule is CN(CC(=O)Nc1ccccc1C(=O)Nc1ccccc1)C1CCCC1. The molecule has 3 rings (SSSR count). The molecule has 2 aromatic rings. The summed E-state index contributed by atoms with van der Waals surface area (Å²) >= 11 is 0. The van der Waals surface area contributed by atoms with E-state index in [1.165, 1.54) is 12.8 Å². The molecular weight excluding hydrogens is 326 g/mol. The van der Waals surface area contributed by atoms with Crippen LogP contribution in [-0.4, -0.2) is 36.3 Å². The van der Waals surface area contributed by atoms with Crippen LogP contribution < -0.4 is 10.6 Å². The first-order chi connectivity index (χ1) is 12.6. The quantitative estimate of drug-likeness (QED) is 0.833. The second kappa shape index (κ2) is 8.63. The zero-order valence-electron chi connectivity index (χ0n) is 15.1. The van der Waals surface area contributed by atoms with Gasteiger partial charge in [-0.15, -0.1) is 0 Å². The van der Waals surface area contributed by atoms with Crippen molar-refractivity contribution in [2.24, 2.45) is 0 Å². The Labute approximate surface area is 154 Å². The van der Waals surface area contributed by atoms with Crippen molar-refractivity contribution in [2.75, 3.05) is 24.2 Å². The number of nitrogens with one attached hydrogen (secondary N) is 2. The molecule has 5 heteroatoms. The van der Waals surface area contributed by atoms with Crippen LogP contribution in [0.1, 0.15) is 36.0 Å². The molecule has 0 aromatic heterocycles. The minimum atomic E-state index is -0.240. The fraction of sp³-hybridized carbons (Fsp3) is 0.333. The van der Waals surface area contributed by atoms with E-state index in [0.29, 0.717) is 23.8 Å². The standard InChI is InChI=1S/C21H25N3O2/c1-24(17-11-5-6-12-17)15-20(25)23-19-14-8-7-13-18(19)21(26)22-16-9-3-2-4-10-16/h2-4,7-10,13-14,17H,5-6,11-12,15H2,1H3,(H,22,26)(H,23,25). The van der Waals surface area contributed by atoms with E-state index in [-0.39, 0.29) is 11.8 Å². The van der Waals surface area contributed by atoms with E-state index in [2.05, 4.69) is 15.5 Å². The Morgan fingerprint density at radius 3 is 2.35 bits per heavy atom. The summed E-state index contributed by atoms with van der Waals surface area (Å²) in [5, 5.41) is 5.75. The number of para-hydroxylation sites is 2. The number of hydrogen-bond acceptors (Lipinski definition) is 3. The van der Waals surface area contributed by atoms with Crippen molar-refractivity contribution in [3.05, 3.63) is 60.2 Å². The second-order valence-electron chi connectivity index (χ2n) is 6.77. The van der Waals surface area contributed by atoms with Gasteiger partial charge in [-0.05, 0) is 44.2 Å². The molecule has 0 spiro atoms. The van der Waals surface area contributed by atoms with Crippen molar-refractivity contribution < 1.29 is 9.59 Å². The predicted octanol–water partition coefficient (Wildman–Crippen LogP) is 3.75. The van der Waals surface area contributed by atoms with Gasteiger partial charge in [-0.25, -0.2) is 0 Å². The van der Waals surface area contributed by atoms with Crippen LogP contribution in [0.4, 0.5) is 11.4 Å². The van der Waals surface area contributed by atoms with Gasteiger partial charge in [0, 0.05) is 11.7 Å². The molecule has 0 bridgehead atoms. The van der Waals surface area contributed by atoms with E-state index >= 15 is 0 Å². The summed E-state index contributed by atoms with van der Waals surface area (Å²) < 4.78 is 0. The van der Waals surface area contributed by atoms with Crippen LogP contribution in [-0.2, 0) is 4.79 Å². The third kappa shape index (κ3) is 4.70. The lowest BCUT2D eigenvalue weighted by atomic mass is 10.1. The lowest BCUT2D eigenvalue weighted by Crippen LogP contribution is -2.36. The van der Waals surface area contributed by atoms with Gasteiger partial charge < -0.3 is 10.6 Å². The van der Waals surface area contributed by atoms with E-state index in [0.717, 1.165) is 18.5 Å². The number of amides is 2. The van der Waals surface area contributed by atoms with Crippen molar-refractivity contribution in [2.45, 2.75) is 31.7 Å². The average Bonchev–Trinajstić information content (AvgIpc) is 3.17. The Kier molecular flexibility index (Phi) is 6.02. The lowest BCUT2D eigenvalue weighted by molar-refractivity contribution is -0.117. The third-order valence-corrected chi connectivity index (χ3v) is 4.82. The zero-order valence-corrected chi connectivity index (χ0v) is 15.1. The molecular formula is C21H25N3O2. The first-order valence-electron chi connectivity index (χ1n) is 9.09. The number of carbonyl (C=O) groups excluding carboxylic acids is 2. The summed E-state index contributed by atoms with van der Waals surface area (Å²) in [6.07, 6.45) is 4.78. The highest BCUT2D eigenvalue weighted by molar-refractivity contribution is 6.10. The van der Waals surface area contributed by atoms with Crippen LogP contribution in [0, 0.1) is 0 Å². The van der Waals surface area contributed by atoms with Gasteiger partial charge >= 0.3 is 0 Å². The summed E-state index contributed by atoms with van der Waals surface area (Å²) in [6.45, 7) is 0.333. The summed E-state index contributed by atoms with van der Waals surface area (Å²) in [5.74, 6) is -0.337. The number of likely N-dealkylation sites (N-methyl/N-ethyl adjacent to an activating group) is 1. The van der Waals surface area contributed by atoms with E-state index in [4.69, 9.17) is 0 Å². The fourth-order valence-electron chi connectivity index (χ4n) is 3.40. The second-order valence-corrected chi connectivity index (χ2v) is 6.77. The molecule has 136 valence electrons. The minimum absolute atomic E-state index is 0.0978. The molecule has 0 aliphatic heterocycles. The van der Waals surface area contributed by atoms with Crippen LogP contribution >= 0.6 is 0 Å². The van der Waals surface area contributed by atoms with Crippen molar-refractivity contribution >= 4 is 23.2 Å². The maximum absolute atomic E-state index is 12.6. The van der Waals surface area contributed by atoms with Crippen molar-refractivity contribution in [3.63, 3.8) is 0 Å². The first kappa shape index (κ1) is 18.1. The molecule has 5 nitrogen and oxygen atoms in total. The Morgan fingerprint density at radius 1 is 0.962 bits per heavy atom. The molecule has 2 N–H and O–H groups in total. The first-order valence-corrected chi connectivity index (χ1v) is 9.09. The van der Waals surface area contributed by atoms with E-state index < -0.39 is 0 Å². The Morgan fingerprint density at radius 2 is 1.62 bits per heavy atom.